The molecule has 0 aliphatic heterocycles. The van der Waals surface area contributed by atoms with Crippen LogP contribution < -0.4 is 0 Å². The molecule has 1 N–H and O–H groups in total. The Morgan fingerprint density at radius 2 is 1.68 bits per heavy atom. The van der Waals surface area contributed by atoms with Crippen molar-refractivity contribution >= 4 is 29.5 Å². The van der Waals surface area contributed by atoms with Gasteiger partial charge in [-0.1, -0.05) is 12.2 Å². The van der Waals surface area contributed by atoms with Crippen LogP contribution in [0.4, 0.5) is 0 Å². The Morgan fingerprint density at radius 1 is 1.14 bits per heavy atom. The summed E-state index contributed by atoms with van der Waals surface area (Å²) in [6.07, 6.45) is 3.48. The van der Waals surface area contributed by atoms with Crippen molar-refractivity contribution in [3.63, 3.8) is 0 Å². The van der Waals surface area contributed by atoms with Crippen molar-refractivity contribution in [2.45, 2.75) is 26.7 Å². The molecule has 7 heteroatoms. The summed E-state index contributed by atoms with van der Waals surface area (Å²) in [6, 6.07) is 0. The molecule has 22 heavy (non-hydrogen) atoms. The van der Waals surface area contributed by atoms with Gasteiger partial charge in [0.25, 0.3) is 0 Å². The number of carboxylic acid groups (broad SMARTS) is 1. The first-order valence-corrected chi connectivity index (χ1v) is 7.80. The van der Waals surface area contributed by atoms with E-state index in [1.54, 1.807) is 19.9 Å². The maximum Gasteiger partial charge on any atom is 0.324 e. The third-order valence-corrected chi connectivity index (χ3v) is 4.02. The summed E-state index contributed by atoms with van der Waals surface area (Å²) in [7, 11) is 0. The van der Waals surface area contributed by atoms with Gasteiger partial charge in [-0.3, -0.25) is 14.4 Å². The first-order chi connectivity index (χ1) is 10.4. The fourth-order valence-corrected chi connectivity index (χ4v) is 2.77. The SMILES string of the molecule is CCOC(=O)C(CCCCl)(C(=O)OCC)[C@@H]1C=C[C@@H]1C(=O)O. The van der Waals surface area contributed by atoms with Crippen molar-refractivity contribution in [3.05, 3.63) is 12.2 Å². The maximum absolute atomic E-state index is 12.5. The summed E-state index contributed by atoms with van der Waals surface area (Å²) in [5.74, 6) is -4.04. The molecule has 0 radical (unpaired) electrons. The number of rotatable bonds is 9. The van der Waals surface area contributed by atoms with Gasteiger partial charge in [0.15, 0.2) is 5.41 Å². The summed E-state index contributed by atoms with van der Waals surface area (Å²) < 4.78 is 10.1. The number of hydrogen-bond donors (Lipinski definition) is 1. The number of carbonyl (C=O) groups is 3. The predicted octanol–water partition coefficient (Wildman–Crippen LogP) is 2.00. The molecule has 124 valence electrons. The van der Waals surface area contributed by atoms with Crippen molar-refractivity contribution in [2.24, 2.45) is 17.3 Å². The molecular weight excluding hydrogens is 312 g/mol. The highest BCUT2D eigenvalue weighted by Crippen LogP contribution is 2.46. The highest BCUT2D eigenvalue weighted by Gasteiger charge is 2.58. The molecule has 0 amide bonds. The van der Waals surface area contributed by atoms with Crippen LogP contribution in [0.1, 0.15) is 26.7 Å². The average Bonchev–Trinajstić information content (AvgIpc) is 2.41. The van der Waals surface area contributed by atoms with E-state index in [1.807, 2.05) is 0 Å². The standard InChI is InChI=1S/C15H21ClO6/c1-3-21-13(19)15(8-5-9-16,14(20)22-4-2)11-7-6-10(11)12(17)18/h6-7,10-11H,3-5,8-9H2,1-2H3,(H,17,18)/t10-,11+/m0/s1. The van der Waals surface area contributed by atoms with Gasteiger partial charge in [-0.05, 0) is 26.7 Å². The van der Waals surface area contributed by atoms with Gasteiger partial charge in [-0.15, -0.1) is 11.6 Å². The van der Waals surface area contributed by atoms with Gasteiger partial charge in [0.1, 0.15) is 0 Å². The number of allylic oxidation sites excluding steroid dienone is 1. The normalized spacial score (nSPS) is 20.1. The van der Waals surface area contributed by atoms with Crippen LogP contribution in [0.2, 0.25) is 0 Å². The molecule has 1 aliphatic carbocycles. The molecular formula is C15H21ClO6. The lowest BCUT2D eigenvalue weighted by Crippen LogP contribution is -2.53. The minimum Gasteiger partial charge on any atom is -0.481 e. The number of alkyl halides is 1. The van der Waals surface area contributed by atoms with Gasteiger partial charge >= 0.3 is 17.9 Å². The number of aliphatic carboxylic acids is 1. The summed E-state index contributed by atoms with van der Waals surface area (Å²) in [5.41, 5.74) is -1.65. The Kier molecular flexibility index (Phi) is 6.87. The van der Waals surface area contributed by atoms with Crippen LogP contribution in [0.5, 0.6) is 0 Å². The predicted molar refractivity (Wildman–Crippen MR) is 79.4 cm³/mol. The van der Waals surface area contributed by atoms with Gasteiger partial charge < -0.3 is 14.6 Å². The van der Waals surface area contributed by atoms with Gasteiger partial charge in [-0.25, -0.2) is 0 Å². The number of carbonyl (C=O) groups excluding carboxylic acids is 2. The highest BCUT2D eigenvalue weighted by atomic mass is 35.5. The van der Waals surface area contributed by atoms with E-state index < -0.39 is 35.2 Å². The molecule has 0 bridgehead atoms. The first kappa shape index (κ1) is 18.5. The number of esters is 2. The Labute approximate surface area is 134 Å². The van der Waals surface area contributed by atoms with Crippen LogP contribution in [0.25, 0.3) is 0 Å². The van der Waals surface area contributed by atoms with Crippen LogP contribution in [0.3, 0.4) is 0 Å². The van der Waals surface area contributed by atoms with Crippen LogP contribution in [0.15, 0.2) is 12.2 Å². The molecule has 6 nitrogen and oxygen atoms in total. The van der Waals surface area contributed by atoms with Crippen molar-refractivity contribution < 1.29 is 29.0 Å². The zero-order valence-corrected chi connectivity index (χ0v) is 13.5. The van der Waals surface area contributed by atoms with E-state index >= 15 is 0 Å². The minimum absolute atomic E-state index is 0.0902. The maximum atomic E-state index is 12.5. The molecule has 0 fully saturated rings. The Bertz CT molecular complexity index is 441. The van der Waals surface area contributed by atoms with Gasteiger partial charge in [0.05, 0.1) is 19.1 Å². The number of ether oxygens (including phenoxy) is 2. The summed E-state index contributed by atoms with van der Waals surface area (Å²) in [6.45, 7) is 3.44. The second-order valence-corrected chi connectivity index (χ2v) is 5.36. The number of halogens is 1. The van der Waals surface area contributed by atoms with Crippen molar-refractivity contribution in [1.82, 2.24) is 0 Å². The average molecular weight is 333 g/mol. The van der Waals surface area contributed by atoms with Crippen LogP contribution in [0, 0.1) is 17.3 Å². The van der Waals surface area contributed by atoms with E-state index in [9.17, 15) is 19.5 Å². The summed E-state index contributed by atoms with van der Waals surface area (Å²) in [4.78, 5) is 36.3. The van der Waals surface area contributed by atoms with E-state index in [1.165, 1.54) is 6.08 Å². The van der Waals surface area contributed by atoms with Crippen molar-refractivity contribution in [1.29, 1.82) is 0 Å². The quantitative estimate of drug-likeness (QED) is 0.300. The van der Waals surface area contributed by atoms with Gasteiger partial charge in [0.2, 0.25) is 0 Å². The van der Waals surface area contributed by atoms with Crippen molar-refractivity contribution in [2.75, 3.05) is 19.1 Å². The molecule has 0 unspecified atom stereocenters. The van der Waals surface area contributed by atoms with Gasteiger partial charge in [0, 0.05) is 11.8 Å². The van der Waals surface area contributed by atoms with E-state index in [4.69, 9.17) is 21.1 Å². The van der Waals surface area contributed by atoms with E-state index in [-0.39, 0.29) is 25.5 Å². The smallest absolute Gasteiger partial charge is 0.324 e. The van der Waals surface area contributed by atoms with E-state index in [2.05, 4.69) is 0 Å². The van der Waals surface area contributed by atoms with Crippen LogP contribution in [-0.2, 0) is 23.9 Å². The zero-order valence-electron chi connectivity index (χ0n) is 12.7. The van der Waals surface area contributed by atoms with Crippen molar-refractivity contribution in [3.8, 4) is 0 Å². The molecule has 0 aromatic heterocycles. The summed E-state index contributed by atoms with van der Waals surface area (Å²) >= 11 is 5.70. The largest absolute Gasteiger partial charge is 0.481 e. The fraction of sp³-hybridized carbons (Fsp3) is 0.667. The molecule has 2 atom stereocenters. The lowest BCUT2D eigenvalue weighted by atomic mass is 9.62. The highest BCUT2D eigenvalue weighted by molar-refractivity contribution is 6.17. The number of carboxylic acids is 1. The van der Waals surface area contributed by atoms with Gasteiger partial charge in [-0.2, -0.15) is 0 Å². The lowest BCUT2D eigenvalue weighted by Gasteiger charge is -2.40. The second-order valence-electron chi connectivity index (χ2n) is 4.98. The third kappa shape index (κ3) is 3.43. The molecule has 0 saturated heterocycles. The Morgan fingerprint density at radius 3 is 2.00 bits per heavy atom. The molecule has 0 saturated carbocycles. The summed E-state index contributed by atoms with van der Waals surface area (Å²) in [5, 5.41) is 9.23. The van der Waals surface area contributed by atoms with Crippen LogP contribution >= 0.6 is 11.6 Å². The van der Waals surface area contributed by atoms with E-state index in [0.717, 1.165) is 0 Å². The topological polar surface area (TPSA) is 89.9 Å². The molecule has 0 heterocycles. The molecule has 1 aliphatic rings. The zero-order chi connectivity index (χ0) is 16.8. The Balaban J connectivity index is 3.24. The Hall–Kier alpha value is -1.56. The molecule has 0 aromatic rings. The molecule has 1 rings (SSSR count). The fourth-order valence-electron chi connectivity index (χ4n) is 2.63. The third-order valence-electron chi connectivity index (χ3n) is 3.75. The van der Waals surface area contributed by atoms with Crippen LogP contribution in [-0.4, -0.2) is 42.1 Å². The van der Waals surface area contributed by atoms with E-state index in [0.29, 0.717) is 6.42 Å². The minimum atomic E-state index is -1.65. The number of hydrogen-bond acceptors (Lipinski definition) is 5. The monoisotopic (exact) mass is 332 g/mol. The molecule has 0 spiro atoms. The lowest BCUT2D eigenvalue weighted by molar-refractivity contribution is -0.179. The first-order valence-electron chi connectivity index (χ1n) is 7.27. The second kappa shape index (κ2) is 8.17. The molecule has 0 aromatic carbocycles.